The Morgan fingerprint density at radius 3 is 2.23 bits per heavy atom. The van der Waals surface area contributed by atoms with Crippen LogP contribution in [-0.2, 0) is 10.2 Å². The number of amides is 4. The summed E-state index contributed by atoms with van der Waals surface area (Å²) in [6, 6.07) is 21.0. The van der Waals surface area contributed by atoms with Crippen LogP contribution in [0.4, 0.5) is 26.2 Å². The van der Waals surface area contributed by atoms with E-state index in [4.69, 9.17) is 4.52 Å². The third-order valence-corrected chi connectivity index (χ3v) is 12.8. The Labute approximate surface area is 371 Å². The number of halogens is 1. The smallest absolute Gasteiger partial charge is 0.328 e. The van der Waals surface area contributed by atoms with Gasteiger partial charge in [-0.15, -0.1) is 0 Å². The maximum Gasteiger partial charge on any atom is 0.328 e. The number of urea groups is 1. The van der Waals surface area contributed by atoms with Gasteiger partial charge in [0.15, 0.2) is 5.65 Å². The second kappa shape index (κ2) is 17.5. The van der Waals surface area contributed by atoms with Gasteiger partial charge in [-0.3, -0.25) is 29.8 Å². The van der Waals surface area contributed by atoms with E-state index >= 15 is 4.39 Å². The highest BCUT2D eigenvalue weighted by molar-refractivity contribution is 6.05. The Morgan fingerprint density at radius 2 is 1.56 bits per heavy atom. The first-order valence-electron chi connectivity index (χ1n) is 22.1. The zero-order chi connectivity index (χ0) is 44.7. The summed E-state index contributed by atoms with van der Waals surface area (Å²) in [5.74, 6) is -0.224. The van der Waals surface area contributed by atoms with Crippen LogP contribution in [0.5, 0.6) is 0 Å². The molecule has 15 nitrogen and oxygen atoms in total. The van der Waals surface area contributed by atoms with Crippen molar-refractivity contribution >= 4 is 45.9 Å². The molecule has 3 aliphatic rings. The fourth-order valence-corrected chi connectivity index (χ4v) is 9.02. The second-order valence-electron chi connectivity index (χ2n) is 18.3. The van der Waals surface area contributed by atoms with Gasteiger partial charge in [0.25, 0.3) is 11.7 Å². The minimum Gasteiger partial charge on any atom is -0.372 e. The van der Waals surface area contributed by atoms with E-state index in [1.165, 1.54) is 17.4 Å². The SMILES string of the molecule is Cc1cc(-c2[nH]nc3ncc(-c4ccc(N5CCN(CC6CCN(c7ccc(N8CCC(=O)NC8=O)cc7)CC6)CC5)cc4)cc23)c(F)cc1C(C)NC(=O)c1noc(C(C)(C)C)n1. The van der Waals surface area contributed by atoms with Gasteiger partial charge in [-0.25, -0.2) is 14.2 Å². The quantitative estimate of drug-likeness (QED) is 0.126. The summed E-state index contributed by atoms with van der Waals surface area (Å²) >= 11 is 0. The van der Waals surface area contributed by atoms with Crippen molar-refractivity contribution in [2.24, 2.45) is 5.92 Å². The summed E-state index contributed by atoms with van der Waals surface area (Å²) in [5, 5.41) is 17.2. The Bertz CT molecular complexity index is 2670. The molecule has 6 heterocycles. The van der Waals surface area contributed by atoms with Crippen molar-refractivity contribution in [3.63, 3.8) is 0 Å². The Balaban J connectivity index is 0.780. The minimum absolute atomic E-state index is 0.0676. The number of hydrogen-bond donors (Lipinski definition) is 3. The van der Waals surface area contributed by atoms with E-state index in [0.717, 1.165) is 81.0 Å². The number of piperidine rings is 1. The van der Waals surface area contributed by atoms with Crippen molar-refractivity contribution in [1.82, 2.24) is 40.9 Å². The van der Waals surface area contributed by atoms with Crippen molar-refractivity contribution in [3.05, 3.63) is 102 Å². The van der Waals surface area contributed by atoms with Gasteiger partial charge in [-0.2, -0.15) is 10.1 Å². The summed E-state index contributed by atoms with van der Waals surface area (Å²) < 4.78 is 21.2. The van der Waals surface area contributed by atoms with E-state index < -0.39 is 23.2 Å². The molecule has 3 aromatic carbocycles. The van der Waals surface area contributed by atoms with E-state index in [1.807, 2.05) is 45.9 Å². The Morgan fingerprint density at radius 1 is 0.891 bits per heavy atom. The molecule has 3 fully saturated rings. The number of hydrogen-bond acceptors (Lipinski definition) is 11. The van der Waals surface area contributed by atoms with Crippen LogP contribution in [0.25, 0.3) is 33.4 Å². The molecule has 4 amide bonds. The summed E-state index contributed by atoms with van der Waals surface area (Å²) in [4.78, 5) is 54.7. The zero-order valence-corrected chi connectivity index (χ0v) is 36.9. The third kappa shape index (κ3) is 8.91. The lowest BCUT2D eigenvalue weighted by Gasteiger charge is -2.40. The van der Waals surface area contributed by atoms with Gasteiger partial charge in [0, 0.05) is 104 Å². The first kappa shape index (κ1) is 42.6. The number of rotatable bonds is 10. The van der Waals surface area contributed by atoms with Crippen LogP contribution in [-0.4, -0.2) is 100 Å². The minimum atomic E-state index is -0.520. The summed E-state index contributed by atoms with van der Waals surface area (Å²) in [6.07, 6.45) is 4.40. The molecule has 64 heavy (non-hydrogen) atoms. The van der Waals surface area contributed by atoms with Crippen LogP contribution in [0.15, 0.2) is 77.4 Å². The highest BCUT2D eigenvalue weighted by atomic mass is 19.1. The van der Waals surface area contributed by atoms with Crippen molar-refractivity contribution in [2.75, 3.05) is 67.1 Å². The number of imide groups is 1. The van der Waals surface area contributed by atoms with Crippen LogP contribution in [0.1, 0.15) is 80.6 Å². The predicted molar refractivity (Wildman–Crippen MR) is 244 cm³/mol. The summed E-state index contributed by atoms with van der Waals surface area (Å²) in [7, 11) is 0. The van der Waals surface area contributed by atoms with Gasteiger partial charge in [0.1, 0.15) is 5.82 Å². The van der Waals surface area contributed by atoms with Gasteiger partial charge in [-0.1, -0.05) is 38.1 Å². The number of aromatic amines is 1. The molecule has 3 aliphatic heterocycles. The number of carbonyl (C=O) groups is 3. The molecule has 16 heteroatoms. The fourth-order valence-electron chi connectivity index (χ4n) is 9.02. The lowest BCUT2D eigenvalue weighted by molar-refractivity contribution is -0.120. The van der Waals surface area contributed by atoms with Gasteiger partial charge >= 0.3 is 6.03 Å². The van der Waals surface area contributed by atoms with Crippen LogP contribution in [0.2, 0.25) is 0 Å². The number of fused-ring (bicyclic) bond motifs is 1. The number of H-pyrrole nitrogens is 1. The molecule has 0 bridgehead atoms. The molecular weight excluding hydrogens is 814 g/mol. The largest absolute Gasteiger partial charge is 0.372 e. The topological polar surface area (TPSA) is 169 Å². The molecule has 3 N–H and O–H groups in total. The Hall–Kier alpha value is -6.68. The standard InChI is InChI=1S/C48H54FN11O4/c1-29-24-38(40(49)26-37(29)30(2)51-45(62)44-53-46(64-56-44)48(3,4)5)42-39-25-33(27-50-43(39)55-54-42)32-6-8-34(9-7-32)59-22-20-57(21-23-59)28-31-14-17-58(18-15-31)35-10-12-36(13-11-35)60-19-16-41(61)52-47(60)63/h6-13,24-27,30-31H,14-23,28H2,1-5H3,(H,51,62)(H,50,54,55)(H,52,61,63). The lowest BCUT2D eigenvalue weighted by Crippen LogP contribution is -2.49. The Kier molecular flexibility index (Phi) is 11.6. The molecular formula is C48H54FN11O4. The average Bonchev–Trinajstić information content (AvgIpc) is 3.97. The molecule has 3 saturated heterocycles. The van der Waals surface area contributed by atoms with E-state index in [2.05, 4.69) is 87.1 Å². The third-order valence-electron chi connectivity index (χ3n) is 12.8. The number of aryl methyl sites for hydroxylation is 1. The van der Waals surface area contributed by atoms with Crippen molar-refractivity contribution in [2.45, 2.75) is 65.3 Å². The molecule has 0 saturated carbocycles. The fraction of sp³-hybridized carbons (Fsp3) is 0.396. The molecule has 1 atom stereocenters. The number of benzene rings is 3. The number of nitrogens with one attached hydrogen (secondary N) is 3. The van der Waals surface area contributed by atoms with E-state index in [9.17, 15) is 14.4 Å². The van der Waals surface area contributed by atoms with Crippen LogP contribution >= 0.6 is 0 Å². The first-order chi connectivity index (χ1) is 30.8. The van der Waals surface area contributed by atoms with Gasteiger partial charge in [-0.05, 0) is 104 Å². The summed E-state index contributed by atoms with van der Waals surface area (Å²) in [5.41, 5.74) is 7.49. The molecule has 0 aliphatic carbocycles. The van der Waals surface area contributed by atoms with Gasteiger partial charge in [0.2, 0.25) is 11.8 Å². The summed E-state index contributed by atoms with van der Waals surface area (Å²) in [6.45, 7) is 16.9. The highest BCUT2D eigenvalue weighted by Gasteiger charge is 2.28. The van der Waals surface area contributed by atoms with E-state index in [0.29, 0.717) is 52.6 Å². The van der Waals surface area contributed by atoms with Gasteiger partial charge < -0.3 is 19.6 Å². The molecule has 332 valence electrons. The van der Waals surface area contributed by atoms with Crippen LogP contribution in [0.3, 0.4) is 0 Å². The lowest BCUT2D eigenvalue weighted by atomic mass is 9.95. The van der Waals surface area contributed by atoms with E-state index in [-0.39, 0.29) is 17.8 Å². The molecule has 1 unspecified atom stereocenters. The number of pyridine rings is 1. The number of piperazine rings is 1. The number of anilines is 3. The maximum absolute atomic E-state index is 16.0. The second-order valence-corrected chi connectivity index (χ2v) is 18.3. The maximum atomic E-state index is 16.0. The highest BCUT2D eigenvalue weighted by Crippen LogP contribution is 2.35. The van der Waals surface area contributed by atoms with Crippen molar-refractivity contribution in [3.8, 4) is 22.4 Å². The number of aromatic nitrogens is 5. The van der Waals surface area contributed by atoms with Crippen LogP contribution in [0, 0.1) is 18.7 Å². The monoisotopic (exact) mass is 867 g/mol. The van der Waals surface area contributed by atoms with Crippen molar-refractivity contribution < 1.29 is 23.3 Å². The predicted octanol–water partition coefficient (Wildman–Crippen LogP) is 7.40. The normalized spacial score (nSPS) is 17.2. The van der Waals surface area contributed by atoms with Gasteiger partial charge in [0.05, 0.1) is 11.7 Å². The molecule has 0 radical (unpaired) electrons. The molecule has 3 aromatic heterocycles. The first-order valence-corrected chi connectivity index (χ1v) is 22.1. The number of nitrogens with zero attached hydrogens (tertiary/aromatic N) is 8. The average molecular weight is 868 g/mol. The molecule has 6 aromatic rings. The molecule has 9 rings (SSSR count). The zero-order valence-electron chi connectivity index (χ0n) is 36.9. The van der Waals surface area contributed by atoms with Crippen molar-refractivity contribution in [1.29, 1.82) is 0 Å². The number of carbonyl (C=O) groups excluding carboxylic acids is 3. The van der Waals surface area contributed by atoms with E-state index in [1.54, 1.807) is 24.1 Å². The molecule has 0 spiro atoms. The van der Waals surface area contributed by atoms with Crippen LogP contribution < -0.4 is 25.3 Å².